The molecule has 0 atom stereocenters. The van der Waals surface area contributed by atoms with E-state index in [0.717, 1.165) is 7.14 Å². The highest BCUT2D eigenvalue weighted by Crippen LogP contribution is 2.09. The summed E-state index contributed by atoms with van der Waals surface area (Å²) < 4.78 is 7.19. The molecule has 3 nitrogen and oxygen atoms in total. The number of allylic oxidation sites excluding steroid dienone is 2. The van der Waals surface area contributed by atoms with Crippen LogP contribution >= 0.6 is 45.2 Å². The number of carbonyl (C=O) groups is 2. The summed E-state index contributed by atoms with van der Waals surface area (Å²) in [6.45, 7) is 0. The van der Waals surface area contributed by atoms with E-state index >= 15 is 0 Å². The molecule has 0 N–H and O–H groups in total. The van der Waals surface area contributed by atoms with Crippen LogP contribution in [0.4, 0.5) is 0 Å². The van der Waals surface area contributed by atoms with Crippen LogP contribution in [0.5, 0.6) is 0 Å². The van der Waals surface area contributed by atoms with Gasteiger partial charge in [-0.2, -0.15) is 0 Å². The third kappa shape index (κ3) is 5.91. The van der Waals surface area contributed by atoms with Gasteiger partial charge in [0.15, 0.2) is 11.6 Å². The van der Waals surface area contributed by atoms with Gasteiger partial charge in [-0.25, -0.2) is 0 Å². The van der Waals surface area contributed by atoms with Crippen molar-refractivity contribution in [2.45, 2.75) is 0 Å². The van der Waals surface area contributed by atoms with Gasteiger partial charge in [0.25, 0.3) is 0 Å². The zero-order chi connectivity index (χ0) is 16.7. The Labute approximate surface area is 161 Å². The molecule has 0 fully saturated rings. The molecule has 0 aliphatic rings. The molecule has 0 bridgehead atoms. The van der Waals surface area contributed by atoms with Crippen LogP contribution in [0.25, 0.3) is 0 Å². The van der Waals surface area contributed by atoms with E-state index in [1.54, 1.807) is 24.3 Å². The average Bonchev–Trinajstić information content (AvgIpc) is 2.55. The molecule has 23 heavy (non-hydrogen) atoms. The van der Waals surface area contributed by atoms with Crippen LogP contribution in [0.2, 0.25) is 0 Å². The Balaban J connectivity index is 1.86. The number of ketones is 2. The zero-order valence-corrected chi connectivity index (χ0v) is 16.2. The van der Waals surface area contributed by atoms with Crippen molar-refractivity contribution in [3.63, 3.8) is 0 Å². The first-order valence-corrected chi connectivity index (χ1v) is 8.80. The Bertz CT molecular complexity index is 679. The molecular weight excluding hydrogens is 518 g/mol. The summed E-state index contributed by atoms with van der Waals surface area (Å²) in [6.07, 6.45) is 5.17. The van der Waals surface area contributed by atoms with Gasteiger partial charge in [-0.15, -0.1) is 0 Å². The maximum Gasteiger partial charge on any atom is 0.188 e. The van der Waals surface area contributed by atoms with Crippen molar-refractivity contribution in [1.29, 1.82) is 0 Å². The Morgan fingerprint density at radius 3 is 1.39 bits per heavy atom. The summed E-state index contributed by atoms with van der Waals surface area (Å²) >= 11 is 4.35. The second-order valence-electron chi connectivity index (χ2n) is 4.48. The predicted octanol–water partition coefficient (Wildman–Crippen LogP) is 5.01. The first-order valence-electron chi connectivity index (χ1n) is 6.64. The third-order valence-corrected chi connectivity index (χ3v) is 4.29. The number of benzene rings is 2. The zero-order valence-electron chi connectivity index (χ0n) is 11.9. The van der Waals surface area contributed by atoms with Gasteiger partial charge < -0.3 is 4.74 Å². The molecular formula is C18H12I2O3. The Morgan fingerprint density at radius 2 is 1.04 bits per heavy atom. The van der Waals surface area contributed by atoms with E-state index in [0.29, 0.717) is 11.1 Å². The lowest BCUT2D eigenvalue weighted by Gasteiger charge is -1.96. The fraction of sp³-hybridized carbons (Fsp3) is 0. The normalized spacial score (nSPS) is 11.0. The van der Waals surface area contributed by atoms with Crippen molar-refractivity contribution in [2.24, 2.45) is 0 Å². The first kappa shape index (κ1) is 17.9. The molecule has 116 valence electrons. The molecule has 0 unspecified atom stereocenters. The average molecular weight is 530 g/mol. The Kier molecular flexibility index (Phi) is 6.97. The van der Waals surface area contributed by atoms with Gasteiger partial charge in [0, 0.05) is 30.4 Å². The van der Waals surface area contributed by atoms with Crippen LogP contribution in [0.3, 0.4) is 0 Å². The van der Waals surface area contributed by atoms with Gasteiger partial charge in [0.2, 0.25) is 0 Å². The summed E-state index contributed by atoms with van der Waals surface area (Å²) in [6, 6.07) is 14.5. The molecule has 0 spiro atoms. The van der Waals surface area contributed by atoms with Gasteiger partial charge in [-0.05, 0) is 69.4 Å². The minimum Gasteiger partial charge on any atom is -0.472 e. The van der Waals surface area contributed by atoms with Crippen molar-refractivity contribution in [3.05, 3.63) is 91.5 Å². The van der Waals surface area contributed by atoms with E-state index in [-0.39, 0.29) is 11.6 Å². The fourth-order valence-corrected chi connectivity index (χ4v) is 2.39. The Morgan fingerprint density at radius 1 is 0.696 bits per heavy atom. The quantitative estimate of drug-likeness (QED) is 0.229. The highest BCUT2D eigenvalue weighted by Gasteiger charge is 2.01. The number of hydrogen-bond donors (Lipinski definition) is 0. The minimum atomic E-state index is -0.154. The largest absolute Gasteiger partial charge is 0.472 e. The van der Waals surface area contributed by atoms with Crippen molar-refractivity contribution >= 4 is 56.7 Å². The highest BCUT2D eigenvalue weighted by atomic mass is 127. The maximum atomic E-state index is 11.8. The predicted molar refractivity (Wildman–Crippen MR) is 106 cm³/mol. The summed E-state index contributed by atoms with van der Waals surface area (Å²) in [5.41, 5.74) is 1.17. The summed E-state index contributed by atoms with van der Waals surface area (Å²) in [5, 5.41) is 0. The Hall–Kier alpha value is -1.48. The van der Waals surface area contributed by atoms with Gasteiger partial charge in [-0.1, -0.05) is 24.3 Å². The molecule has 0 aromatic heterocycles. The van der Waals surface area contributed by atoms with Gasteiger partial charge in [0.05, 0.1) is 12.5 Å². The molecule has 5 heteroatoms. The number of rotatable bonds is 6. The van der Waals surface area contributed by atoms with E-state index in [9.17, 15) is 9.59 Å². The van der Waals surface area contributed by atoms with Crippen LogP contribution in [-0.2, 0) is 4.74 Å². The van der Waals surface area contributed by atoms with Crippen LogP contribution in [0.15, 0.2) is 73.2 Å². The van der Waals surface area contributed by atoms with E-state index in [1.165, 1.54) is 24.7 Å². The van der Waals surface area contributed by atoms with E-state index in [2.05, 4.69) is 45.2 Å². The highest BCUT2D eigenvalue weighted by molar-refractivity contribution is 14.1. The van der Waals surface area contributed by atoms with Crippen molar-refractivity contribution in [2.75, 3.05) is 0 Å². The summed E-state index contributed by atoms with van der Waals surface area (Å²) in [7, 11) is 0. The molecule has 2 rings (SSSR count). The van der Waals surface area contributed by atoms with Crippen LogP contribution in [0, 0.1) is 7.14 Å². The van der Waals surface area contributed by atoms with Crippen LogP contribution < -0.4 is 0 Å². The lowest BCUT2D eigenvalue weighted by atomic mass is 10.1. The number of carbonyl (C=O) groups excluding carboxylic acids is 2. The molecule has 0 radical (unpaired) electrons. The molecule has 0 aliphatic carbocycles. The van der Waals surface area contributed by atoms with E-state index < -0.39 is 0 Å². The summed E-state index contributed by atoms with van der Waals surface area (Å²) in [5.74, 6) is -0.308. The van der Waals surface area contributed by atoms with Crippen molar-refractivity contribution < 1.29 is 14.3 Å². The molecule has 0 amide bonds. The third-order valence-electron chi connectivity index (χ3n) is 2.85. The number of ether oxygens (including phenoxy) is 1. The van der Waals surface area contributed by atoms with E-state index in [4.69, 9.17) is 4.74 Å². The standard InChI is InChI=1S/C18H12I2O3/c19-15-5-1-13(2-6-15)17(21)9-11-23-12-10-18(22)14-3-7-16(20)8-4-14/h1-12H/b11-9+,12-10+. The van der Waals surface area contributed by atoms with Gasteiger partial charge in [0.1, 0.15) is 0 Å². The monoisotopic (exact) mass is 530 g/mol. The van der Waals surface area contributed by atoms with Gasteiger partial charge in [-0.3, -0.25) is 9.59 Å². The molecule has 0 saturated heterocycles. The second kappa shape index (κ2) is 8.97. The second-order valence-corrected chi connectivity index (χ2v) is 6.98. The molecule has 0 aliphatic heterocycles. The lowest BCUT2D eigenvalue weighted by Crippen LogP contribution is -1.95. The SMILES string of the molecule is O=C(/C=C/O/C=C/C(=O)c1ccc(I)cc1)c1ccc(I)cc1. The molecule has 2 aromatic carbocycles. The first-order chi connectivity index (χ1) is 11.1. The lowest BCUT2D eigenvalue weighted by molar-refractivity contribution is 0.103. The van der Waals surface area contributed by atoms with E-state index in [1.807, 2.05) is 24.3 Å². The van der Waals surface area contributed by atoms with Crippen LogP contribution in [-0.4, -0.2) is 11.6 Å². The smallest absolute Gasteiger partial charge is 0.188 e. The maximum absolute atomic E-state index is 11.8. The van der Waals surface area contributed by atoms with Crippen molar-refractivity contribution in [3.8, 4) is 0 Å². The minimum absolute atomic E-state index is 0.154. The van der Waals surface area contributed by atoms with Gasteiger partial charge >= 0.3 is 0 Å². The molecule has 0 saturated carbocycles. The number of halogens is 2. The number of hydrogen-bond acceptors (Lipinski definition) is 3. The fourth-order valence-electron chi connectivity index (χ4n) is 1.67. The van der Waals surface area contributed by atoms with Crippen LogP contribution in [0.1, 0.15) is 20.7 Å². The molecule has 2 aromatic rings. The molecule has 0 heterocycles. The topological polar surface area (TPSA) is 43.4 Å². The van der Waals surface area contributed by atoms with Crippen molar-refractivity contribution in [1.82, 2.24) is 0 Å². The summed E-state index contributed by atoms with van der Waals surface area (Å²) in [4.78, 5) is 23.7.